The van der Waals surface area contributed by atoms with E-state index < -0.39 is 0 Å². The minimum absolute atomic E-state index is 0.225. The van der Waals surface area contributed by atoms with Gasteiger partial charge in [0.2, 0.25) is 0 Å². The van der Waals surface area contributed by atoms with Crippen LogP contribution in [0.25, 0.3) is 10.9 Å². The van der Waals surface area contributed by atoms with Crippen LogP contribution in [-0.4, -0.2) is 10.6 Å². The summed E-state index contributed by atoms with van der Waals surface area (Å²) >= 11 is 0. The zero-order chi connectivity index (χ0) is 12.5. The van der Waals surface area contributed by atoms with Crippen molar-refractivity contribution >= 4 is 10.9 Å². The summed E-state index contributed by atoms with van der Waals surface area (Å²) in [5.74, 6) is 0.893. The van der Waals surface area contributed by atoms with Crippen LogP contribution in [0.4, 0.5) is 0 Å². The molecule has 0 saturated heterocycles. The largest absolute Gasteiger partial charge is 0.347 e. The van der Waals surface area contributed by atoms with Gasteiger partial charge in [-0.15, -0.1) is 0 Å². The maximum Gasteiger partial charge on any atom is 0.0513 e. The first kappa shape index (κ1) is 11.8. The highest BCUT2D eigenvalue weighted by atomic mass is 15.0. The molecule has 2 aromatic rings. The van der Waals surface area contributed by atoms with Crippen molar-refractivity contribution in [2.75, 3.05) is 0 Å². The van der Waals surface area contributed by atoms with E-state index in [2.05, 4.69) is 42.0 Å². The van der Waals surface area contributed by atoms with E-state index in [9.17, 15) is 0 Å². The van der Waals surface area contributed by atoms with Gasteiger partial charge in [-0.1, -0.05) is 24.6 Å². The number of nitrogens with zero attached hydrogens (tertiary/aromatic N) is 1. The first-order chi connectivity index (χ1) is 8.74. The molecule has 96 valence electrons. The molecule has 3 rings (SSSR count). The van der Waals surface area contributed by atoms with Gasteiger partial charge in [0, 0.05) is 18.8 Å². The molecule has 0 bridgehead atoms. The normalized spacial score (nSPS) is 17.9. The number of nitrogens with two attached hydrogens (primary N) is 1. The van der Waals surface area contributed by atoms with E-state index in [1.165, 1.54) is 42.3 Å². The Bertz CT molecular complexity index is 535. The predicted octanol–water partition coefficient (Wildman–Crippen LogP) is 3.33. The maximum atomic E-state index is 5.96. The molecule has 1 aliphatic carbocycles. The van der Waals surface area contributed by atoms with Gasteiger partial charge >= 0.3 is 0 Å². The average molecular weight is 242 g/mol. The van der Waals surface area contributed by atoms with Crippen molar-refractivity contribution in [3.8, 4) is 0 Å². The van der Waals surface area contributed by atoms with Crippen LogP contribution in [-0.2, 0) is 13.0 Å². The lowest BCUT2D eigenvalue weighted by Gasteiger charge is -2.26. The third kappa shape index (κ3) is 2.17. The van der Waals surface area contributed by atoms with E-state index in [4.69, 9.17) is 5.73 Å². The summed E-state index contributed by atoms with van der Waals surface area (Å²) in [6.45, 7) is 3.26. The molecule has 0 amide bonds. The van der Waals surface area contributed by atoms with Crippen molar-refractivity contribution in [2.24, 2.45) is 11.7 Å². The highest BCUT2D eigenvalue weighted by Gasteiger charge is 2.19. The molecule has 0 aliphatic heterocycles. The van der Waals surface area contributed by atoms with Crippen LogP contribution in [0.5, 0.6) is 0 Å². The van der Waals surface area contributed by atoms with Gasteiger partial charge in [0.05, 0.1) is 5.52 Å². The second kappa shape index (κ2) is 4.77. The van der Waals surface area contributed by atoms with E-state index in [-0.39, 0.29) is 6.04 Å². The molecule has 2 nitrogen and oxygen atoms in total. The molecule has 1 aliphatic rings. The molecular weight excluding hydrogens is 220 g/mol. The number of hydrogen-bond acceptors (Lipinski definition) is 1. The number of hydrogen-bond donors (Lipinski definition) is 1. The van der Waals surface area contributed by atoms with Crippen molar-refractivity contribution in [3.05, 3.63) is 36.0 Å². The Kier molecular flexibility index (Phi) is 3.13. The molecule has 1 saturated carbocycles. The lowest BCUT2D eigenvalue weighted by molar-refractivity contribution is 0.279. The van der Waals surface area contributed by atoms with E-state index in [0.717, 1.165) is 12.3 Å². The standard InChI is InChI=1S/C16H22N2/c1-12(17)10-15-7-3-6-14-8-9-18(16(14)15)11-13-4-2-5-13/h3,6-9,12-13H,2,4-5,10-11,17H2,1H3. The van der Waals surface area contributed by atoms with Crippen LogP contribution in [0.2, 0.25) is 0 Å². The molecule has 1 atom stereocenters. The van der Waals surface area contributed by atoms with Crippen molar-refractivity contribution < 1.29 is 0 Å². The van der Waals surface area contributed by atoms with Crippen LogP contribution in [0, 0.1) is 5.92 Å². The van der Waals surface area contributed by atoms with Crippen molar-refractivity contribution in [3.63, 3.8) is 0 Å². The molecule has 0 spiro atoms. The Hall–Kier alpha value is -1.28. The van der Waals surface area contributed by atoms with Gasteiger partial charge in [0.25, 0.3) is 0 Å². The van der Waals surface area contributed by atoms with Gasteiger partial charge in [0.1, 0.15) is 0 Å². The first-order valence-corrected chi connectivity index (χ1v) is 7.06. The smallest absolute Gasteiger partial charge is 0.0513 e. The van der Waals surface area contributed by atoms with E-state index in [0.29, 0.717) is 0 Å². The molecule has 0 radical (unpaired) electrons. The zero-order valence-electron chi connectivity index (χ0n) is 11.1. The summed E-state index contributed by atoms with van der Waals surface area (Å²) in [7, 11) is 0. The van der Waals surface area contributed by atoms with E-state index in [1.807, 2.05) is 0 Å². The number of fused-ring (bicyclic) bond motifs is 1. The van der Waals surface area contributed by atoms with Gasteiger partial charge in [-0.25, -0.2) is 0 Å². The molecule has 1 aromatic heterocycles. The number of benzene rings is 1. The predicted molar refractivity (Wildman–Crippen MR) is 76.6 cm³/mol. The second-order valence-electron chi connectivity index (χ2n) is 5.80. The summed E-state index contributed by atoms with van der Waals surface area (Å²) in [5.41, 5.74) is 8.76. The minimum atomic E-state index is 0.225. The first-order valence-electron chi connectivity index (χ1n) is 7.06. The molecule has 2 N–H and O–H groups in total. The Morgan fingerprint density at radius 3 is 2.83 bits per heavy atom. The van der Waals surface area contributed by atoms with Gasteiger partial charge in [0.15, 0.2) is 0 Å². The van der Waals surface area contributed by atoms with Crippen LogP contribution in [0.15, 0.2) is 30.5 Å². The highest BCUT2D eigenvalue weighted by molar-refractivity contribution is 5.83. The van der Waals surface area contributed by atoms with Gasteiger partial charge in [-0.05, 0) is 49.1 Å². The van der Waals surface area contributed by atoms with E-state index >= 15 is 0 Å². The van der Waals surface area contributed by atoms with E-state index in [1.54, 1.807) is 0 Å². The quantitative estimate of drug-likeness (QED) is 0.876. The Labute approximate surface area is 109 Å². The average Bonchev–Trinajstić information content (AvgIpc) is 2.67. The summed E-state index contributed by atoms with van der Waals surface area (Å²) in [6.07, 6.45) is 7.42. The van der Waals surface area contributed by atoms with Crippen LogP contribution in [0.1, 0.15) is 31.7 Å². The Morgan fingerprint density at radius 2 is 2.17 bits per heavy atom. The Morgan fingerprint density at radius 1 is 1.33 bits per heavy atom. The van der Waals surface area contributed by atoms with Crippen LogP contribution >= 0.6 is 0 Å². The molecule has 1 heterocycles. The fraction of sp³-hybridized carbons (Fsp3) is 0.500. The number of para-hydroxylation sites is 1. The van der Waals surface area contributed by atoms with Crippen molar-refractivity contribution in [2.45, 2.75) is 45.2 Å². The van der Waals surface area contributed by atoms with Gasteiger partial charge in [-0.3, -0.25) is 0 Å². The van der Waals surface area contributed by atoms with Crippen molar-refractivity contribution in [1.82, 2.24) is 4.57 Å². The molecule has 1 fully saturated rings. The molecule has 18 heavy (non-hydrogen) atoms. The Balaban J connectivity index is 1.97. The van der Waals surface area contributed by atoms with Gasteiger partial charge in [-0.2, -0.15) is 0 Å². The SMILES string of the molecule is CC(N)Cc1cccc2ccn(CC3CCC3)c12. The zero-order valence-corrected chi connectivity index (χ0v) is 11.1. The third-order valence-corrected chi connectivity index (χ3v) is 4.09. The monoisotopic (exact) mass is 242 g/mol. The van der Waals surface area contributed by atoms with Crippen molar-refractivity contribution in [1.29, 1.82) is 0 Å². The summed E-state index contributed by atoms with van der Waals surface area (Å²) < 4.78 is 2.44. The maximum absolute atomic E-state index is 5.96. The number of rotatable bonds is 4. The summed E-state index contributed by atoms with van der Waals surface area (Å²) in [5, 5.41) is 1.35. The van der Waals surface area contributed by atoms with Crippen LogP contribution in [0.3, 0.4) is 0 Å². The van der Waals surface area contributed by atoms with Crippen LogP contribution < -0.4 is 5.73 Å². The number of aromatic nitrogens is 1. The second-order valence-corrected chi connectivity index (χ2v) is 5.80. The molecule has 2 heteroatoms. The third-order valence-electron chi connectivity index (χ3n) is 4.09. The minimum Gasteiger partial charge on any atom is -0.347 e. The fourth-order valence-corrected chi connectivity index (χ4v) is 2.96. The summed E-state index contributed by atoms with van der Waals surface area (Å²) in [4.78, 5) is 0. The lowest BCUT2D eigenvalue weighted by Crippen LogP contribution is -2.20. The fourth-order valence-electron chi connectivity index (χ4n) is 2.96. The molecule has 1 unspecified atom stereocenters. The van der Waals surface area contributed by atoms with Gasteiger partial charge < -0.3 is 10.3 Å². The lowest BCUT2D eigenvalue weighted by atomic mass is 9.85. The highest BCUT2D eigenvalue weighted by Crippen LogP contribution is 2.30. The molecule has 1 aromatic carbocycles. The molecular formula is C16H22N2. The topological polar surface area (TPSA) is 30.9 Å². The summed E-state index contributed by atoms with van der Waals surface area (Å²) in [6, 6.07) is 9.04.